The largest absolute Gasteiger partial charge is 0.272 e. The van der Waals surface area contributed by atoms with Crippen LogP contribution in [0.15, 0.2) is 10.2 Å². The maximum atomic E-state index is 11.9. The molecule has 2 heterocycles. The second-order valence-corrected chi connectivity index (χ2v) is 5.02. The number of carbonyl (C=O) groups is 2. The van der Waals surface area contributed by atoms with E-state index < -0.39 is 10.8 Å². The molecule has 2 amide bonds. The Morgan fingerprint density at radius 2 is 1.31 bits per heavy atom. The first-order chi connectivity index (χ1) is 7.67. The Morgan fingerprint density at radius 3 is 1.75 bits per heavy atom. The maximum absolute atomic E-state index is 11.9. The lowest BCUT2D eigenvalue weighted by molar-refractivity contribution is -0.131. The number of hydrogen-bond acceptors (Lipinski definition) is 4. The molecule has 3 saturated carbocycles. The van der Waals surface area contributed by atoms with Gasteiger partial charge < -0.3 is 0 Å². The highest BCUT2D eigenvalue weighted by Gasteiger charge is 2.65. The van der Waals surface area contributed by atoms with Crippen molar-refractivity contribution in [2.24, 2.45) is 21.0 Å². The summed E-state index contributed by atoms with van der Waals surface area (Å²) < 4.78 is 0. The van der Waals surface area contributed by atoms with E-state index in [2.05, 4.69) is 21.1 Å². The van der Waals surface area contributed by atoms with Gasteiger partial charge in [-0.15, -0.1) is 0 Å². The second-order valence-electron chi connectivity index (χ2n) is 5.02. The Bertz CT molecular complexity index is 463. The fraction of sp³-hybridized carbons (Fsp3) is 0.600. The lowest BCUT2D eigenvalue weighted by atomic mass is 9.52. The zero-order valence-corrected chi connectivity index (χ0v) is 8.54. The van der Waals surface area contributed by atoms with Crippen LogP contribution in [0, 0.1) is 10.8 Å². The highest BCUT2D eigenvalue weighted by molar-refractivity contribution is 6.26. The number of rotatable bonds is 0. The molecule has 2 N–H and O–H groups in total. The van der Waals surface area contributed by atoms with Crippen molar-refractivity contribution in [3.05, 3.63) is 0 Å². The third-order valence-electron chi connectivity index (χ3n) is 4.48. The quantitative estimate of drug-likeness (QED) is 0.575. The first kappa shape index (κ1) is 8.43. The summed E-state index contributed by atoms with van der Waals surface area (Å²) in [4.78, 5) is 23.7. The van der Waals surface area contributed by atoms with E-state index in [9.17, 15) is 9.59 Å². The normalized spacial score (nSPS) is 43.2. The van der Waals surface area contributed by atoms with Gasteiger partial charge in [0.05, 0.1) is 22.3 Å². The third-order valence-corrected chi connectivity index (χ3v) is 4.48. The van der Waals surface area contributed by atoms with Crippen LogP contribution in [0.2, 0.25) is 0 Å². The van der Waals surface area contributed by atoms with Gasteiger partial charge in [-0.2, -0.15) is 10.2 Å². The molecule has 3 aliphatic carbocycles. The predicted molar refractivity (Wildman–Crippen MR) is 54.5 cm³/mol. The van der Waals surface area contributed by atoms with Gasteiger partial charge in [-0.25, -0.2) is 10.9 Å². The van der Waals surface area contributed by atoms with Gasteiger partial charge in [-0.3, -0.25) is 9.59 Å². The Hall–Kier alpha value is -1.72. The molecule has 6 heteroatoms. The molecule has 16 heavy (non-hydrogen) atoms. The fourth-order valence-electron chi connectivity index (χ4n) is 3.40. The molecule has 82 valence electrons. The van der Waals surface area contributed by atoms with E-state index in [-0.39, 0.29) is 11.8 Å². The van der Waals surface area contributed by atoms with E-state index in [1.807, 2.05) is 0 Å². The standard InChI is InChI=1S/C10H10N4O2/c15-7-9-1-2-10(4-5(9)11-13-7)6(3-9)12-14-8(10)16/h1-4H2,(H,13,15)(H,14,16)/t9-,10+. The average molecular weight is 218 g/mol. The molecule has 5 aliphatic rings. The summed E-state index contributed by atoms with van der Waals surface area (Å²) in [5.41, 5.74) is 5.79. The Labute approximate surface area is 91.2 Å². The van der Waals surface area contributed by atoms with E-state index in [0.717, 1.165) is 11.4 Å². The molecule has 0 aromatic rings. The van der Waals surface area contributed by atoms with Gasteiger partial charge >= 0.3 is 0 Å². The summed E-state index contributed by atoms with van der Waals surface area (Å²) in [6.07, 6.45) is 2.53. The molecule has 5 rings (SSSR count). The van der Waals surface area contributed by atoms with Crippen LogP contribution in [0.25, 0.3) is 0 Å². The van der Waals surface area contributed by atoms with Crippen molar-refractivity contribution < 1.29 is 9.59 Å². The number of nitrogens with zero attached hydrogens (tertiary/aromatic N) is 2. The van der Waals surface area contributed by atoms with Gasteiger partial charge in [-0.1, -0.05) is 0 Å². The van der Waals surface area contributed by atoms with Crippen molar-refractivity contribution in [3.8, 4) is 0 Å². The molecule has 0 saturated heterocycles. The molecule has 3 fully saturated rings. The first-order valence-corrected chi connectivity index (χ1v) is 5.42. The van der Waals surface area contributed by atoms with E-state index in [0.29, 0.717) is 25.7 Å². The summed E-state index contributed by atoms with van der Waals surface area (Å²) in [5, 5.41) is 8.17. The van der Waals surface area contributed by atoms with E-state index >= 15 is 0 Å². The number of nitrogens with one attached hydrogen (secondary N) is 2. The van der Waals surface area contributed by atoms with E-state index in [1.54, 1.807) is 0 Å². The van der Waals surface area contributed by atoms with Gasteiger partial charge in [0.25, 0.3) is 11.8 Å². The molecule has 0 aromatic carbocycles. The number of hydrazone groups is 2. The average Bonchev–Trinajstić information content (AvgIpc) is 2.79. The number of hydrogen-bond donors (Lipinski definition) is 2. The van der Waals surface area contributed by atoms with Crippen LogP contribution in [-0.2, 0) is 9.59 Å². The van der Waals surface area contributed by atoms with Crippen LogP contribution in [-0.4, -0.2) is 23.2 Å². The molecule has 2 spiro atoms. The summed E-state index contributed by atoms with van der Waals surface area (Å²) in [6, 6.07) is 0. The summed E-state index contributed by atoms with van der Waals surface area (Å²) in [7, 11) is 0. The van der Waals surface area contributed by atoms with Gasteiger partial charge in [0, 0.05) is 12.8 Å². The van der Waals surface area contributed by atoms with E-state index in [4.69, 9.17) is 0 Å². The molecular weight excluding hydrogens is 208 g/mol. The van der Waals surface area contributed by atoms with Crippen molar-refractivity contribution in [1.29, 1.82) is 0 Å². The molecule has 0 unspecified atom stereocenters. The van der Waals surface area contributed by atoms with Gasteiger partial charge in [0.15, 0.2) is 0 Å². The summed E-state index contributed by atoms with van der Waals surface area (Å²) in [5.74, 6) is -0.0595. The van der Waals surface area contributed by atoms with Crippen molar-refractivity contribution in [2.45, 2.75) is 25.7 Å². The van der Waals surface area contributed by atoms with Crippen LogP contribution >= 0.6 is 0 Å². The van der Waals surface area contributed by atoms with Gasteiger partial charge in [0.2, 0.25) is 0 Å². The zero-order chi connectivity index (χ0) is 11.0. The number of carbonyl (C=O) groups excluding carboxylic acids is 2. The first-order valence-electron chi connectivity index (χ1n) is 5.42. The van der Waals surface area contributed by atoms with Crippen molar-refractivity contribution >= 4 is 23.2 Å². The molecular formula is C10H10N4O2. The highest BCUT2D eigenvalue weighted by atomic mass is 16.2. The SMILES string of the molecule is O=C1NN=C2C[C@@]34CC[C@]12CC3=NNC4=O. The van der Waals surface area contributed by atoms with Crippen LogP contribution < -0.4 is 10.9 Å². The molecule has 0 radical (unpaired) electrons. The van der Waals surface area contributed by atoms with E-state index in [1.165, 1.54) is 0 Å². The molecule has 6 nitrogen and oxygen atoms in total. The van der Waals surface area contributed by atoms with Gasteiger partial charge in [-0.05, 0) is 12.8 Å². The van der Waals surface area contributed by atoms with Crippen molar-refractivity contribution in [1.82, 2.24) is 10.9 Å². The number of amides is 2. The maximum Gasteiger partial charge on any atom is 0.252 e. The summed E-state index contributed by atoms with van der Waals surface area (Å²) >= 11 is 0. The monoisotopic (exact) mass is 218 g/mol. The van der Waals surface area contributed by atoms with Crippen LogP contribution in [0.3, 0.4) is 0 Å². The minimum atomic E-state index is -0.493. The minimum Gasteiger partial charge on any atom is -0.272 e. The Balaban J connectivity index is 1.92. The minimum absolute atomic E-state index is 0.0298. The van der Waals surface area contributed by atoms with Crippen molar-refractivity contribution in [3.63, 3.8) is 0 Å². The number of fused-ring (bicyclic) bond motifs is 1. The zero-order valence-electron chi connectivity index (χ0n) is 8.54. The van der Waals surface area contributed by atoms with Crippen molar-refractivity contribution in [2.75, 3.05) is 0 Å². The van der Waals surface area contributed by atoms with Crippen LogP contribution in [0.5, 0.6) is 0 Å². The lowest BCUT2D eigenvalue weighted by Gasteiger charge is -2.46. The topological polar surface area (TPSA) is 82.9 Å². The lowest BCUT2D eigenvalue weighted by Crippen LogP contribution is -2.57. The molecule has 2 atom stereocenters. The highest BCUT2D eigenvalue weighted by Crippen LogP contribution is 2.56. The fourth-order valence-corrected chi connectivity index (χ4v) is 3.40. The molecule has 2 aliphatic heterocycles. The smallest absolute Gasteiger partial charge is 0.252 e. The molecule has 2 bridgehead atoms. The predicted octanol–water partition coefficient (Wildman–Crippen LogP) is -0.482. The third kappa shape index (κ3) is 0.643. The molecule has 0 aromatic heterocycles. The van der Waals surface area contributed by atoms with Crippen LogP contribution in [0.4, 0.5) is 0 Å². The van der Waals surface area contributed by atoms with Gasteiger partial charge in [0.1, 0.15) is 0 Å². The Morgan fingerprint density at radius 1 is 0.875 bits per heavy atom. The second kappa shape index (κ2) is 2.18. The Kier molecular flexibility index (Phi) is 1.15. The van der Waals surface area contributed by atoms with Crippen LogP contribution in [0.1, 0.15) is 25.7 Å². The summed E-state index contributed by atoms with van der Waals surface area (Å²) in [6.45, 7) is 0.